The summed E-state index contributed by atoms with van der Waals surface area (Å²) in [5.41, 5.74) is 0.865. The van der Waals surface area contributed by atoms with Crippen LogP contribution in [-0.2, 0) is 16.6 Å². The zero-order valence-electron chi connectivity index (χ0n) is 17.2. The van der Waals surface area contributed by atoms with Crippen molar-refractivity contribution in [1.82, 2.24) is 20.2 Å². The fourth-order valence-corrected chi connectivity index (χ4v) is 3.62. The lowest BCUT2D eigenvalue weighted by Crippen LogP contribution is -2.31. The SMILES string of the molecule is Cn1nnnc1C(/C=C/C1CC(O)CC(=O)O1)=C(c1ccccc1F)c1ccccc1F. The van der Waals surface area contributed by atoms with Crippen LogP contribution in [0.15, 0.2) is 60.7 Å². The number of halogens is 2. The molecule has 164 valence electrons. The summed E-state index contributed by atoms with van der Waals surface area (Å²) in [5.74, 6) is -1.37. The van der Waals surface area contributed by atoms with E-state index in [-0.39, 0.29) is 35.4 Å². The lowest BCUT2D eigenvalue weighted by atomic mass is 9.91. The van der Waals surface area contributed by atoms with E-state index in [1.807, 2.05) is 0 Å². The van der Waals surface area contributed by atoms with Crippen molar-refractivity contribution in [2.45, 2.75) is 25.0 Å². The average molecular weight is 438 g/mol. The van der Waals surface area contributed by atoms with Gasteiger partial charge in [0.2, 0.25) is 0 Å². The molecule has 0 aliphatic carbocycles. The van der Waals surface area contributed by atoms with Crippen LogP contribution in [0.4, 0.5) is 8.78 Å². The van der Waals surface area contributed by atoms with Crippen molar-refractivity contribution in [3.8, 4) is 0 Å². The van der Waals surface area contributed by atoms with Gasteiger partial charge in [0.25, 0.3) is 0 Å². The van der Waals surface area contributed by atoms with Gasteiger partial charge in [-0.15, -0.1) is 5.10 Å². The van der Waals surface area contributed by atoms with E-state index >= 15 is 0 Å². The van der Waals surface area contributed by atoms with Crippen LogP contribution >= 0.6 is 0 Å². The molecule has 7 nitrogen and oxygen atoms in total. The first-order valence-electron chi connectivity index (χ1n) is 9.96. The molecule has 2 atom stereocenters. The summed E-state index contributed by atoms with van der Waals surface area (Å²) in [5, 5.41) is 21.4. The van der Waals surface area contributed by atoms with E-state index in [9.17, 15) is 18.7 Å². The number of benzene rings is 2. The zero-order chi connectivity index (χ0) is 22.7. The fourth-order valence-electron chi connectivity index (χ4n) is 3.62. The monoisotopic (exact) mass is 438 g/mol. The number of hydrogen-bond donors (Lipinski definition) is 1. The summed E-state index contributed by atoms with van der Waals surface area (Å²) >= 11 is 0. The highest BCUT2D eigenvalue weighted by Gasteiger charge is 2.26. The van der Waals surface area contributed by atoms with Crippen molar-refractivity contribution in [2.75, 3.05) is 0 Å². The van der Waals surface area contributed by atoms with Crippen molar-refractivity contribution in [2.24, 2.45) is 7.05 Å². The number of rotatable bonds is 5. The summed E-state index contributed by atoms with van der Waals surface area (Å²) in [4.78, 5) is 11.7. The molecule has 32 heavy (non-hydrogen) atoms. The first-order chi connectivity index (χ1) is 15.4. The third kappa shape index (κ3) is 4.47. The number of esters is 1. The predicted molar refractivity (Wildman–Crippen MR) is 112 cm³/mol. The molecular weight excluding hydrogens is 418 g/mol. The van der Waals surface area contributed by atoms with Crippen LogP contribution in [0, 0.1) is 11.6 Å². The molecule has 0 amide bonds. The molecule has 1 saturated heterocycles. The predicted octanol–water partition coefficient (Wildman–Crippen LogP) is 3.07. The minimum Gasteiger partial charge on any atom is -0.458 e. The summed E-state index contributed by atoms with van der Waals surface area (Å²) < 4.78 is 36.5. The summed E-state index contributed by atoms with van der Waals surface area (Å²) in [7, 11) is 1.61. The Morgan fingerprint density at radius 3 is 2.28 bits per heavy atom. The van der Waals surface area contributed by atoms with Crippen LogP contribution in [-0.4, -0.2) is 43.5 Å². The van der Waals surface area contributed by atoms with E-state index in [1.54, 1.807) is 55.6 Å². The van der Waals surface area contributed by atoms with Gasteiger partial charge in [0.05, 0.1) is 12.5 Å². The van der Waals surface area contributed by atoms with Gasteiger partial charge in [0.1, 0.15) is 17.7 Å². The molecule has 2 heterocycles. The molecule has 4 rings (SSSR count). The van der Waals surface area contributed by atoms with Gasteiger partial charge in [0.15, 0.2) is 5.82 Å². The lowest BCUT2D eigenvalue weighted by molar-refractivity contribution is -0.156. The van der Waals surface area contributed by atoms with Crippen LogP contribution < -0.4 is 0 Å². The summed E-state index contributed by atoms with van der Waals surface area (Å²) in [6.07, 6.45) is 1.73. The van der Waals surface area contributed by atoms with E-state index in [0.29, 0.717) is 5.57 Å². The van der Waals surface area contributed by atoms with Gasteiger partial charge in [-0.25, -0.2) is 13.5 Å². The zero-order valence-corrected chi connectivity index (χ0v) is 17.2. The molecule has 1 aliphatic heterocycles. The van der Waals surface area contributed by atoms with Gasteiger partial charge >= 0.3 is 5.97 Å². The largest absolute Gasteiger partial charge is 0.458 e. The van der Waals surface area contributed by atoms with Gasteiger partial charge in [-0.3, -0.25) is 4.79 Å². The van der Waals surface area contributed by atoms with Gasteiger partial charge in [-0.05, 0) is 28.6 Å². The second-order valence-electron chi connectivity index (χ2n) is 7.36. The van der Waals surface area contributed by atoms with Crippen LogP contribution in [0.2, 0.25) is 0 Å². The third-order valence-electron chi connectivity index (χ3n) is 5.08. The molecule has 1 N–H and O–H groups in total. The Balaban J connectivity index is 1.96. The molecule has 0 bridgehead atoms. The maximum Gasteiger partial charge on any atom is 0.309 e. The molecule has 3 aromatic rings. The first-order valence-corrected chi connectivity index (χ1v) is 9.96. The van der Waals surface area contributed by atoms with E-state index in [4.69, 9.17) is 4.74 Å². The molecule has 1 aromatic heterocycles. The van der Waals surface area contributed by atoms with E-state index in [1.165, 1.54) is 16.8 Å². The van der Waals surface area contributed by atoms with Crippen LogP contribution in [0.5, 0.6) is 0 Å². The number of carbonyl (C=O) groups is 1. The third-order valence-corrected chi connectivity index (χ3v) is 5.08. The van der Waals surface area contributed by atoms with E-state index in [2.05, 4.69) is 15.5 Å². The topological polar surface area (TPSA) is 90.1 Å². The molecule has 1 fully saturated rings. The fraction of sp³-hybridized carbons (Fsp3) is 0.217. The van der Waals surface area contributed by atoms with Crippen molar-refractivity contribution in [3.63, 3.8) is 0 Å². The molecule has 0 saturated carbocycles. The molecular formula is C23H20F2N4O3. The Labute approximate surface area is 182 Å². The second-order valence-corrected chi connectivity index (χ2v) is 7.36. The number of hydrogen-bond acceptors (Lipinski definition) is 6. The highest BCUT2D eigenvalue weighted by atomic mass is 19.1. The maximum atomic E-state index is 14.9. The average Bonchev–Trinajstić information content (AvgIpc) is 3.18. The number of carbonyl (C=O) groups excluding carboxylic acids is 1. The molecule has 0 radical (unpaired) electrons. The number of aryl methyl sites for hydroxylation is 1. The number of allylic oxidation sites excluding steroid dienone is 2. The van der Waals surface area contributed by atoms with Crippen LogP contribution in [0.3, 0.4) is 0 Å². The Kier molecular flexibility index (Phi) is 6.18. The van der Waals surface area contributed by atoms with Crippen LogP contribution in [0.25, 0.3) is 11.1 Å². The first kappa shape index (κ1) is 21.5. The Hall–Kier alpha value is -3.72. The standard InChI is InChI=1S/C23H20F2N4O3/c1-29-23(26-27-28-29)18(11-10-15-12-14(30)13-21(31)32-15)22(16-6-2-4-8-19(16)24)17-7-3-5-9-20(17)25/h2-11,14-15,30H,12-13H2,1H3/b11-10+. The quantitative estimate of drug-likeness (QED) is 0.487. The number of aliphatic hydroxyl groups is 1. The second kappa shape index (κ2) is 9.19. The van der Waals surface area contributed by atoms with Gasteiger partial charge in [-0.2, -0.15) is 0 Å². The van der Waals surface area contributed by atoms with E-state index < -0.39 is 29.8 Å². The van der Waals surface area contributed by atoms with Gasteiger partial charge in [0, 0.05) is 35.7 Å². The molecule has 0 spiro atoms. The Morgan fingerprint density at radius 2 is 1.75 bits per heavy atom. The van der Waals surface area contributed by atoms with Crippen molar-refractivity contribution in [1.29, 1.82) is 0 Å². The van der Waals surface area contributed by atoms with Gasteiger partial charge < -0.3 is 9.84 Å². The maximum absolute atomic E-state index is 14.9. The smallest absolute Gasteiger partial charge is 0.309 e. The molecule has 9 heteroatoms. The lowest BCUT2D eigenvalue weighted by Gasteiger charge is -2.23. The summed E-state index contributed by atoms with van der Waals surface area (Å²) in [6, 6.07) is 12.0. The Bertz CT molecular complexity index is 1160. The molecule has 2 unspecified atom stereocenters. The number of aromatic nitrogens is 4. The number of cyclic esters (lactones) is 1. The highest BCUT2D eigenvalue weighted by molar-refractivity contribution is 6.01. The Morgan fingerprint density at radius 1 is 1.12 bits per heavy atom. The van der Waals surface area contributed by atoms with Crippen molar-refractivity contribution in [3.05, 3.63) is 89.3 Å². The molecule has 2 aromatic carbocycles. The molecule has 1 aliphatic rings. The number of nitrogens with zero attached hydrogens (tertiary/aromatic N) is 4. The van der Waals surface area contributed by atoms with Crippen LogP contribution in [0.1, 0.15) is 29.8 Å². The number of tetrazole rings is 1. The normalized spacial score (nSPS) is 18.6. The van der Waals surface area contributed by atoms with Gasteiger partial charge in [-0.1, -0.05) is 42.5 Å². The highest BCUT2D eigenvalue weighted by Crippen LogP contribution is 2.35. The summed E-state index contributed by atoms with van der Waals surface area (Å²) in [6.45, 7) is 0. The van der Waals surface area contributed by atoms with Crippen molar-refractivity contribution < 1.29 is 23.4 Å². The van der Waals surface area contributed by atoms with Crippen molar-refractivity contribution >= 4 is 17.1 Å². The minimum absolute atomic E-state index is 0.0735. The number of aliphatic hydroxyl groups excluding tert-OH is 1. The van der Waals surface area contributed by atoms with E-state index in [0.717, 1.165) is 0 Å². The number of ether oxygens (including phenoxy) is 1. The minimum atomic E-state index is -0.826.